The number of aromatic nitrogens is 2. The van der Waals surface area contributed by atoms with Crippen molar-refractivity contribution in [1.82, 2.24) is 15.1 Å². The molecule has 1 rings (SSSR count). The van der Waals surface area contributed by atoms with E-state index in [1.165, 1.54) is 16.2 Å². The van der Waals surface area contributed by atoms with Crippen LogP contribution in [0.1, 0.15) is 25.3 Å². The van der Waals surface area contributed by atoms with Crippen molar-refractivity contribution >= 4 is 16.5 Å². The van der Waals surface area contributed by atoms with Gasteiger partial charge in [0.15, 0.2) is 0 Å². The van der Waals surface area contributed by atoms with Crippen LogP contribution in [0.4, 0.5) is 18.3 Å². The number of halogens is 3. The number of nitrogens with one attached hydrogen (secondary N) is 1. The topological polar surface area (TPSA) is 41.1 Å². The van der Waals surface area contributed by atoms with Gasteiger partial charge in [-0.2, -0.15) is 13.2 Å². The van der Waals surface area contributed by atoms with E-state index in [1.807, 2.05) is 6.92 Å². The highest BCUT2D eigenvalue weighted by atomic mass is 32.1. The van der Waals surface area contributed by atoms with Crippen LogP contribution in [0, 0.1) is 0 Å². The quantitative estimate of drug-likeness (QED) is 0.835. The molecule has 8 heteroatoms. The highest BCUT2D eigenvalue weighted by Crippen LogP contribution is 2.20. The Morgan fingerprint density at radius 3 is 2.56 bits per heavy atom. The van der Waals surface area contributed by atoms with Crippen LogP contribution >= 0.6 is 11.3 Å². The molecule has 0 aliphatic rings. The number of hydrogen-bond donors (Lipinski definition) is 1. The lowest BCUT2D eigenvalue weighted by Crippen LogP contribution is -2.33. The summed E-state index contributed by atoms with van der Waals surface area (Å²) in [6, 6.07) is 0. The average Bonchev–Trinajstić information content (AvgIpc) is 2.71. The van der Waals surface area contributed by atoms with E-state index in [-0.39, 0.29) is 6.54 Å². The van der Waals surface area contributed by atoms with Crippen LogP contribution in [0.3, 0.4) is 0 Å². The zero-order valence-electron chi connectivity index (χ0n) is 10.4. The Morgan fingerprint density at radius 1 is 1.28 bits per heavy atom. The molecule has 0 atom stereocenters. The Kier molecular flexibility index (Phi) is 5.80. The van der Waals surface area contributed by atoms with Crippen LogP contribution < -0.4 is 5.32 Å². The molecule has 0 radical (unpaired) electrons. The molecule has 0 saturated carbocycles. The van der Waals surface area contributed by atoms with Crippen LogP contribution in [0.25, 0.3) is 0 Å². The normalized spacial score (nSPS) is 12.1. The minimum atomic E-state index is -4.18. The summed E-state index contributed by atoms with van der Waals surface area (Å²) in [5.74, 6) is 0. The summed E-state index contributed by atoms with van der Waals surface area (Å²) in [6.07, 6.45) is -3.21. The van der Waals surface area contributed by atoms with Crippen LogP contribution in [-0.4, -0.2) is 40.9 Å². The molecule has 0 bridgehead atoms. The predicted molar refractivity (Wildman–Crippen MR) is 65.7 cm³/mol. The fraction of sp³-hybridized carbons (Fsp3) is 0.800. The van der Waals surface area contributed by atoms with Crippen LogP contribution in [0.2, 0.25) is 0 Å². The molecular formula is C10H17F3N4S. The Labute approximate surface area is 108 Å². The van der Waals surface area contributed by atoms with Gasteiger partial charge in [-0.1, -0.05) is 25.2 Å². The van der Waals surface area contributed by atoms with E-state index in [4.69, 9.17) is 0 Å². The molecule has 0 fully saturated rings. The molecule has 0 aromatic carbocycles. The fourth-order valence-electron chi connectivity index (χ4n) is 1.35. The Bertz CT molecular complexity index is 353. The van der Waals surface area contributed by atoms with Crippen molar-refractivity contribution in [2.45, 2.75) is 33.0 Å². The van der Waals surface area contributed by atoms with Crippen molar-refractivity contribution in [3.05, 3.63) is 5.01 Å². The van der Waals surface area contributed by atoms with Gasteiger partial charge in [0.2, 0.25) is 5.13 Å². The summed E-state index contributed by atoms with van der Waals surface area (Å²) in [5.41, 5.74) is 0. The molecule has 4 nitrogen and oxygen atoms in total. The summed E-state index contributed by atoms with van der Waals surface area (Å²) in [4.78, 5) is 1.30. The molecule has 0 unspecified atom stereocenters. The third-order valence-electron chi connectivity index (χ3n) is 2.20. The maximum absolute atomic E-state index is 12.3. The first kappa shape index (κ1) is 15.2. The van der Waals surface area contributed by atoms with Gasteiger partial charge in [0, 0.05) is 6.54 Å². The van der Waals surface area contributed by atoms with Gasteiger partial charge in [-0.05, 0) is 13.0 Å². The highest BCUT2D eigenvalue weighted by Gasteiger charge is 2.30. The number of anilines is 1. The van der Waals surface area contributed by atoms with Gasteiger partial charge in [0.05, 0.1) is 13.1 Å². The van der Waals surface area contributed by atoms with E-state index in [1.54, 1.807) is 6.92 Å². The second kappa shape index (κ2) is 6.89. The van der Waals surface area contributed by atoms with Gasteiger partial charge in [-0.3, -0.25) is 4.90 Å². The van der Waals surface area contributed by atoms with Crippen LogP contribution in [-0.2, 0) is 6.54 Å². The van der Waals surface area contributed by atoms with Crippen molar-refractivity contribution in [3.8, 4) is 0 Å². The zero-order valence-corrected chi connectivity index (χ0v) is 11.2. The van der Waals surface area contributed by atoms with E-state index in [0.29, 0.717) is 16.7 Å². The van der Waals surface area contributed by atoms with Crippen molar-refractivity contribution in [1.29, 1.82) is 0 Å². The first-order valence-electron chi connectivity index (χ1n) is 5.80. The standard InChI is InChI=1S/C10H17F3N4S/c1-3-5-14-9-16-15-8(18-9)6-17(4-2)7-10(11,12)13/h3-7H2,1-2H3,(H,14,16). The number of nitrogens with zero attached hydrogens (tertiary/aromatic N) is 3. The molecule has 104 valence electrons. The first-order chi connectivity index (χ1) is 8.44. The molecule has 1 aromatic rings. The lowest BCUT2D eigenvalue weighted by molar-refractivity contribution is -0.146. The number of hydrogen-bond acceptors (Lipinski definition) is 5. The zero-order chi connectivity index (χ0) is 13.6. The van der Waals surface area contributed by atoms with Gasteiger partial charge in [-0.25, -0.2) is 0 Å². The van der Waals surface area contributed by atoms with Gasteiger partial charge >= 0.3 is 6.18 Å². The average molecular weight is 282 g/mol. The Balaban J connectivity index is 2.51. The molecule has 0 saturated heterocycles. The number of alkyl halides is 3. The second-order valence-corrected chi connectivity index (χ2v) is 4.91. The molecule has 18 heavy (non-hydrogen) atoms. The van der Waals surface area contributed by atoms with E-state index in [0.717, 1.165) is 13.0 Å². The lowest BCUT2D eigenvalue weighted by Gasteiger charge is -2.20. The maximum atomic E-state index is 12.3. The van der Waals surface area contributed by atoms with Gasteiger partial charge in [0.1, 0.15) is 5.01 Å². The summed E-state index contributed by atoms with van der Waals surface area (Å²) >= 11 is 1.30. The van der Waals surface area contributed by atoms with E-state index < -0.39 is 12.7 Å². The molecule has 0 aliphatic heterocycles. The molecule has 0 amide bonds. The second-order valence-electron chi connectivity index (χ2n) is 3.85. The van der Waals surface area contributed by atoms with E-state index >= 15 is 0 Å². The molecule has 1 aromatic heterocycles. The SMILES string of the molecule is CCCNc1nnc(CN(CC)CC(F)(F)F)s1. The third-order valence-corrected chi connectivity index (χ3v) is 3.07. The van der Waals surface area contributed by atoms with E-state index in [2.05, 4.69) is 15.5 Å². The summed E-state index contributed by atoms with van der Waals surface area (Å²) in [7, 11) is 0. The molecule has 0 spiro atoms. The smallest absolute Gasteiger partial charge is 0.360 e. The Morgan fingerprint density at radius 2 is 2.00 bits per heavy atom. The fourth-order valence-corrected chi connectivity index (χ4v) is 2.15. The highest BCUT2D eigenvalue weighted by molar-refractivity contribution is 7.15. The Hall–Kier alpha value is -0.890. The van der Waals surface area contributed by atoms with Gasteiger partial charge < -0.3 is 5.32 Å². The molecule has 1 N–H and O–H groups in total. The van der Waals surface area contributed by atoms with Crippen molar-refractivity contribution in [3.63, 3.8) is 0 Å². The maximum Gasteiger partial charge on any atom is 0.401 e. The van der Waals surface area contributed by atoms with Crippen molar-refractivity contribution in [2.75, 3.05) is 25.0 Å². The minimum absolute atomic E-state index is 0.182. The predicted octanol–water partition coefficient (Wildman–Crippen LogP) is 2.74. The summed E-state index contributed by atoms with van der Waals surface area (Å²) in [5, 5.41) is 12.1. The molecule has 0 aliphatic carbocycles. The van der Waals surface area contributed by atoms with E-state index in [9.17, 15) is 13.2 Å². The molecular weight excluding hydrogens is 265 g/mol. The van der Waals surface area contributed by atoms with Crippen molar-refractivity contribution in [2.24, 2.45) is 0 Å². The monoisotopic (exact) mass is 282 g/mol. The van der Waals surface area contributed by atoms with Crippen LogP contribution in [0.5, 0.6) is 0 Å². The van der Waals surface area contributed by atoms with Crippen LogP contribution in [0.15, 0.2) is 0 Å². The number of rotatable bonds is 7. The summed E-state index contributed by atoms with van der Waals surface area (Å²) < 4.78 is 36.8. The first-order valence-corrected chi connectivity index (χ1v) is 6.61. The third kappa shape index (κ3) is 5.63. The van der Waals surface area contributed by atoms with Gasteiger partial charge in [-0.15, -0.1) is 10.2 Å². The largest absolute Gasteiger partial charge is 0.401 e. The summed E-state index contributed by atoms with van der Waals surface area (Å²) in [6.45, 7) is 4.11. The molecule has 1 heterocycles. The minimum Gasteiger partial charge on any atom is -0.360 e. The van der Waals surface area contributed by atoms with Gasteiger partial charge in [0.25, 0.3) is 0 Å². The van der Waals surface area contributed by atoms with Crippen molar-refractivity contribution < 1.29 is 13.2 Å². The lowest BCUT2D eigenvalue weighted by atomic mass is 10.4.